The van der Waals surface area contributed by atoms with Crippen LogP contribution in [0.3, 0.4) is 0 Å². The Hall–Kier alpha value is -2.95. The normalized spacial score (nSPS) is 11.9. The standard InChI is InChI=1S/C17H16N4O/c1-22-13-4-2-3-12(9-13)19-17-15-8-10-7-11(18)5-6-14(10)16(15)20-21-17/h2-7,9H,8,18H2,1H3,(H2,19,20,21). The quantitative estimate of drug-likeness (QED) is 0.506. The molecule has 0 aliphatic heterocycles. The molecule has 0 atom stereocenters. The Kier molecular flexibility index (Phi) is 2.79. The molecule has 0 amide bonds. The van der Waals surface area contributed by atoms with E-state index in [1.807, 2.05) is 42.5 Å². The van der Waals surface area contributed by atoms with Gasteiger partial charge in [-0.25, -0.2) is 0 Å². The number of ether oxygens (including phenoxy) is 1. The van der Waals surface area contributed by atoms with Crippen LogP contribution in [0.1, 0.15) is 11.1 Å². The van der Waals surface area contributed by atoms with Gasteiger partial charge in [0.1, 0.15) is 11.6 Å². The van der Waals surface area contributed by atoms with E-state index in [1.54, 1.807) is 7.11 Å². The van der Waals surface area contributed by atoms with Crippen molar-refractivity contribution in [3.63, 3.8) is 0 Å². The number of methoxy groups -OCH3 is 1. The maximum atomic E-state index is 5.87. The van der Waals surface area contributed by atoms with E-state index >= 15 is 0 Å². The Morgan fingerprint density at radius 3 is 3.00 bits per heavy atom. The zero-order chi connectivity index (χ0) is 15.1. The number of aromatic nitrogens is 2. The van der Waals surface area contributed by atoms with Gasteiger partial charge in [0.25, 0.3) is 0 Å². The summed E-state index contributed by atoms with van der Waals surface area (Å²) in [7, 11) is 1.66. The first-order chi connectivity index (χ1) is 10.7. The fourth-order valence-corrected chi connectivity index (χ4v) is 2.89. The van der Waals surface area contributed by atoms with Crippen LogP contribution in [0.5, 0.6) is 5.75 Å². The highest BCUT2D eigenvalue weighted by Gasteiger charge is 2.24. The summed E-state index contributed by atoms with van der Waals surface area (Å²) in [4.78, 5) is 0. The number of benzene rings is 2. The van der Waals surface area contributed by atoms with Crippen molar-refractivity contribution in [1.82, 2.24) is 10.2 Å². The van der Waals surface area contributed by atoms with Crippen LogP contribution < -0.4 is 15.8 Å². The van der Waals surface area contributed by atoms with Crippen LogP contribution in [0.2, 0.25) is 0 Å². The van der Waals surface area contributed by atoms with E-state index in [2.05, 4.69) is 15.5 Å². The zero-order valence-electron chi connectivity index (χ0n) is 12.2. The maximum absolute atomic E-state index is 5.87. The van der Waals surface area contributed by atoms with E-state index in [0.29, 0.717) is 0 Å². The van der Waals surface area contributed by atoms with Crippen LogP contribution in [-0.4, -0.2) is 17.3 Å². The van der Waals surface area contributed by atoms with Gasteiger partial charge in [0, 0.05) is 35.0 Å². The number of aromatic amines is 1. The molecule has 22 heavy (non-hydrogen) atoms. The van der Waals surface area contributed by atoms with Crippen molar-refractivity contribution >= 4 is 17.2 Å². The predicted molar refractivity (Wildman–Crippen MR) is 87.5 cm³/mol. The molecule has 1 aliphatic rings. The number of nitrogens with two attached hydrogens (primary N) is 1. The second kappa shape index (κ2) is 4.80. The van der Waals surface area contributed by atoms with Crippen LogP contribution in [0.4, 0.5) is 17.2 Å². The number of anilines is 3. The molecule has 110 valence electrons. The molecule has 0 saturated heterocycles. The van der Waals surface area contributed by atoms with Crippen molar-refractivity contribution in [2.45, 2.75) is 6.42 Å². The second-order valence-corrected chi connectivity index (χ2v) is 5.38. The van der Waals surface area contributed by atoms with Gasteiger partial charge in [-0.1, -0.05) is 12.1 Å². The molecule has 0 fully saturated rings. The molecule has 1 aromatic heterocycles. The minimum absolute atomic E-state index is 0.787. The molecule has 0 spiro atoms. The first-order valence-corrected chi connectivity index (χ1v) is 7.11. The number of nitrogens with one attached hydrogen (secondary N) is 2. The highest BCUT2D eigenvalue weighted by atomic mass is 16.5. The summed E-state index contributed by atoms with van der Waals surface area (Å²) >= 11 is 0. The number of fused-ring (bicyclic) bond motifs is 3. The van der Waals surface area contributed by atoms with Gasteiger partial charge in [0.05, 0.1) is 12.8 Å². The van der Waals surface area contributed by atoms with Crippen molar-refractivity contribution in [1.29, 1.82) is 0 Å². The number of rotatable bonds is 3. The summed E-state index contributed by atoms with van der Waals surface area (Å²) in [5.74, 6) is 1.73. The van der Waals surface area contributed by atoms with Gasteiger partial charge in [0.15, 0.2) is 0 Å². The van der Waals surface area contributed by atoms with Crippen LogP contribution in [-0.2, 0) is 6.42 Å². The topological polar surface area (TPSA) is 76.0 Å². The fourth-order valence-electron chi connectivity index (χ4n) is 2.89. The lowest BCUT2D eigenvalue weighted by Gasteiger charge is -2.07. The SMILES string of the molecule is COc1cccc(Nc2[nH]nc3c2Cc2cc(N)ccc2-3)c1. The maximum Gasteiger partial charge on any atom is 0.130 e. The summed E-state index contributed by atoms with van der Waals surface area (Å²) in [5.41, 5.74) is 12.2. The first kappa shape index (κ1) is 12.8. The fraction of sp³-hybridized carbons (Fsp3) is 0.118. The van der Waals surface area contributed by atoms with E-state index < -0.39 is 0 Å². The smallest absolute Gasteiger partial charge is 0.130 e. The van der Waals surface area contributed by atoms with E-state index in [4.69, 9.17) is 10.5 Å². The number of hydrogen-bond acceptors (Lipinski definition) is 4. The number of nitrogens with zero attached hydrogens (tertiary/aromatic N) is 1. The van der Waals surface area contributed by atoms with Crippen LogP contribution >= 0.6 is 0 Å². The molecule has 1 aliphatic carbocycles. The Morgan fingerprint density at radius 1 is 1.23 bits per heavy atom. The van der Waals surface area contributed by atoms with Crippen molar-refractivity contribution in [2.24, 2.45) is 0 Å². The third kappa shape index (κ3) is 1.98. The molecule has 0 saturated carbocycles. The summed E-state index contributed by atoms with van der Waals surface area (Å²) in [6.07, 6.45) is 0.832. The third-order valence-electron chi connectivity index (χ3n) is 3.96. The Morgan fingerprint density at radius 2 is 2.14 bits per heavy atom. The molecule has 5 nitrogen and oxygen atoms in total. The molecule has 0 radical (unpaired) electrons. The van der Waals surface area contributed by atoms with Crippen LogP contribution in [0, 0.1) is 0 Å². The average molecular weight is 292 g/mol. The van der Waals surface area contributed by atoms with E-state index in [1.165, 1.54) is 11.1 Å². The van der Waals surface area contributed by atoms with Crippen molar-refractivity contribution < 1.29 is 4.74 Å². The van der Waals surface area contributed by atoms with Gasteiger partial charge in [-0.15, -0.1) is 0 Å². The van der Waals surface area contributed by atoms with E-state index in [0.717, 1.165) is 40.6 Å². The molecule has 4 rings (SSSR count). The van der Waals surface area contributed by atoms with Crippen molar-refractivity contribution in [3.8, 4) is 17.0 Å². The van der Waals surface area contributed by atoms with Gasteiger partial charge in [-0.3, -0.25) is 5.10 Å². The minimum Gasteiger partial charge on any atom is -0.497 e. The molecule has 4 N–H and O–H groups in total. The van der Waals surface area contributed by atoms with Crippen molar-refractivity contribution in [3.05, 3.63) is 53.6 Å². The number of nitrogen functional groups attached to an aromatic ring is 1. The molecule has 5 heteroatoms. The van der Waals surface area contributed by atoms with Crippen LogP contribution in [0.25, 0.3) is 11.3 Å². The lowest BCUT2D eigenvalue weighted by molar-refractivity contribution is 0.415. The minimum atomic E-state index is 0.787. The van der Waals surface area contributed by atoms with Gasteiger partial charge in [-0.2, -0.15) is 5.10 Å². The van der Waals surface area contributed by atoms with Gasteiger partial charge in [0.2, 0.25) is 0 Å². The van der Waals surface area contributed by atoms with Gasteiger partial charge in [-0.05, 0) is 29.8 Å². The highest BCUT2D eigenvalue weighted by Crippen LogP contribution is 2.40. The summed E-state index contributed by atoms with van der Waals surface area (Å²) in [5, 5.41) is 10.9. The number of H-pyrrole nitrogens is 1. The highest BCUT2D eigenvalue weighted by molar-refractivity contribution is 5.80. The molecule has 0 unspecified atom stereocenters. The molecule has 2 aromatic carbocycles. The Labute approximate surface area is 128 Å². The Bertz CT molecular complexity index is 854. The lowest BCUT2D eigenvalue weighted by Crippen LogP contribution is -1.95. The lowest BCUT2D eigenvalue weighted by atomic mass is 10.1. The second-order valence-electron chi connectivity index (χ2n) is 5.38. The van der Waals surface area contributed by atoms with E-state index in [-0.39, 0.29) is 0 Å². The van der Waals surface area contributed by atoms with Gasteiger partial charge >= 0.3 is 0 Å². The third-order valence-corrected chi connectivity index (χ3v) is 3.96. The van der Waals surface area contributed by atoms with E-state index in [9.17, 15) is 0 Å². The number of hydrogen-bond donors (Lipinski definition) is 3. The zero-order valence-corrected chi connectivity index (χ0v) is 12.2. The first-order valence-electron chi connectivity index (χ1n) is 7.11. The van der Waals surface area contributed by atoms with Crippen molar-refractivity contribution in [2.75, 3.05) is 18.2 Å². The predicted octanol–water partition coefficient (Wildman–Crippen LogP) is 3.32. The molecule has 1 heterocycles. The van der Waals surface area contributed by atoms with Gasteiger partial charge < -0.3 is 15.8 Å². The molecule has 3 aromatic rings. The summed E-state index contributed by atoms with van der Waals surface area (Å²) in [6.45, 7) is 0. The average Bonchev–Trinajstić information content (AvgIpc) is 3.07. The molecule has 0 bridgehead atoms. The Balaban J connectivity index is 1.68. The summed E-state index contributed by atoms with van der Waals surface area (Å²) < 4.78 is 5.25. The molecular formula is C17H16N4O. The monoisotopic (exact) mass is 292 g/mol. The largest absolute Gasteiger partial charge is 0.497 e. The van der Waals surface area contributed by atoms with Crippen LogP contribution in [0.15, 0.2) is 42.5 Å². The summed E-state index contributed by atoms with van der Waals surface area (Å²) in [6, 6.07) is 13.8. The molecular weight excluding hydrogens is 276 g/mol.